The Morgan fingerprint density at radius 3 is 2.61 bits per heavy atom. The summed E-state index contributed by atoms with van der Waals surface area (Å²) in [4.78, 5) is 7.17. The molecular formula is C19H18N2O2. The van der Waals surface area contributed by atoms with E-state index in [4.69, 9.17) is 9.72 Å². The first-order chi connectivity index (χ1) is 11.3. The number of aromatic hydroxyl groups is 1. The van der Waals surface area contributed by atoms with Crippen LogP contribution in [0, 0.1) is 0 Å². The second-order valence-electron chi connectivity index (χ2n) is 5.70. The van der Waals surface area contributed by atoms with Crippen molar-refractivity contribution < 1.29 is 9.84 Å². The average Bonchev–Trinajstić information content (AvgIpc) is 2.61. The van der Waals surface area contributed by atoms with Gasteiger partial charge in [-0.1, -0.05) is 36.4 Å². The number of anilines is 1. The van der Waals surface area contributed by atoms with Crippen molar-refractivity contribution in [2.75, 3.05) is 31.2 Å². The molecule has 4 nitrogen and oxygen atoms in total. The lowest BCUT2D eigenvalue weighted by atomic mass is 10.1. The molecule has 4 rings (SSSR count). The van der Waals surface area contributed by atoms with Gasteiger partial charge in [0, 0.05) is 24.0 Å². The van der Waals surface area contributed by atoms with Crippen molar-refractivity contribution in [2.24, 2.45) is 0 Å². The molecule has 3 aromatic rings. The minimum Gasteiger partial charge on any atom is -0.508 e. The number of rotatable bonds is 2. The molecule has 0 aliphatic carbocycles. The third-order valence-corrected chi connectivity index (χ3v) is 4.17. The van der Waals surface area contributed by atoms with Gasteiger partial charge in [-0.25, -0.2) is 4.98 Å². The van der Waals surface area contributed by atoms with E-state index in [0.29, 0.717) is 0 Å². The highest BCUT2D eigenvalue weighted by Gasteiger charge is 2.17. The number of ether oxygens (including phenoxy) is 1. The third kappa shape index (κ3) is 2.73. The summed E-state index contributed by atoms with van der Waals surface area (Å²) in [5.41, 5.74) is 1.80. The number of hydrogen-bond acceptors (Lipinski definition) is 4. The fourth-order valence-electron chi connectivity index (χ4n) is 3.01. The Morgan fingerprint density at radius 2 is 1.78 bits per heavy atom. The molecule has 0 radical (unpaired) electrons. The van der Waals surface area contributed by atoms with Gasteiger partial charge in [-0.15, -0.1) is 0 Å². The van der Waals surface area contributed by atoms with E-state index in [1.807, 2.05) is 24.3 Å². The Balaban J connectivity index is 1.89. The molecular weight excluding hydrogens is 288 g/mol. The van der Waals surface area contributed by atoms with Crippen molar-refractivity contribution in [3.05, 3.63) is 54.6 Å². The molecule has 1 aliphatic rings. The van der Waals surface area contributed by atoms with Crippen molar-refractivity contribution in [1.29, 1.82) is 0 Å². The number of phenolic OH excluding ortho intramolecular Hbond substituents is 1. The van der Waals surface area contributed by atoms with Gasteiger partial charge in [0.2, 0.25) is 0 Å². The average molecular weight is 306 g/mol. The standard InChI is InChI=1S/C19H18N2O2/c22-16-6-3-5-15(12-16)18-13-14-4-1-2-7-17(14)19(20-18)21-8-10-23-11-9-21/h1-7,12-13,22H,8-11H2. The number of fused-ring (bicyclic) bond motifs is 1. The van der Waals surface area contributed by atoms with Crippen molar-refractivity contribution in [3.8, 4) is 17.0 Å². The van der Waals surface area contributed by atoms with Crippen LogP contribution in [0.1, 0.15) is 0 Å². The van der Waals surface area contributed by atoms with Crippen LogP contribution in [-0.2, 0) is 4.74 Å². The predicted molar refractivity (Wildman–Crippen MR) is 91.9 cm³/mol. The Hall–Kier alpha value is -2.59. The van der Waals surface area contributed by atoms with E-state index in [2.05, 4.69) is 23.1 Å². The molecule has 2 heterocycles. The second-order valence-corrected chi connectivity index (χ2v) is 5.70. The maximum atomic E-state index is 9.75. The Morgan fingerprint density at radius 1 is 0.957 bits per heavy atom. The lowest BCUT2D eigenvalue weighted by molar-refractivity contribution is 0.122. The van der Waals surface area contributed by atoms with Gasteiger partial charge >= 0.3 is 0 Å². The van der Waals surface area contributed by atoms with Crippen molar-refractivity contribution in [2.45, 2.75) is 0 Å². The Bertz CT molecular complexity index is 842. The summed E-state index contributed by atoms with van der Waals surface area (Å²) in [6, 6.07) is 17.6. The number of aromatic nitrogens is 1. The zero-order valence-corrected chi connectivity index (χ0v) is 12.8. The molecule has 0 atom stereocenters. The summed E-state index contributed by atoms with van der Waals surface area (Å²) in [7, 11) is 0. The van der Waals surface area contributed by atoms with E-state index >= 15 is 0 Å². The molecule has 1 aliphatic heterocycles. The quantitative estimate of drug-likeness (QED) is 0.788. The largest absolute Gasteiger partial charge is 0.508 e. The summed E-state index contributed by atoms with van der Waals surface area (Å²) in [5.74, 6) is 1.25. The highest BCUT2D eigenvalue weighted by atomic mass is 16.5. The van der Waals surface area contributed by atoms with E-state index in [0.717, 1.165) is 54.2 Å². The van der Waals surface area contributed by atoms with Gasteiger partial charge in [0.05, 0.1) is 18.9 Å². The van der Waals surface area contributed by atoms with Gasteiger partial charge < -0.3 is 14.7 Å². The number of phenols is 1. The SMILES string of the molecule is Oc1cccc(-c2cc3ccccc3c(N3CCOCC3)n2)c1. The molecule has 116 valence electrons. The van der Waals surface area contributed by atoms with Gasteiger partial charge in [0.25, 0.3) is 0 Å². The zero-order chi connectivity index (χ0) is 15.6. The van der Waals surface area contributed by atoms with E-state index in [1.54, 1.807) is 12.1 Å². The van der Waals surface area contributed by atoms with Gasteiger partial charge in [0.15, 0.2) is 0 Å². The molecule has 4 heteroatoms. The number of morpholine rings is 1. The topological polar surface area (TPSA) is 45.6 Å². The van der Waals surface area contributed by atoms with Gasteiger partial charge in [-0.05, 0) is 23.6 Å². The fourth-order valence-corrected chi connectivity index (χ4v) is 3.01. The van der Waals surface area contributed by atoms with Gasteiger partial charge in [0.1, 0.15) is 11.6 Å². The van der Waals surface area contributed by atoms with Crippen LogP contribution in [0.15, 0.2) is 54.6 Å². The van der Waals surface area contributed by atoms with Crippen LogP contribution < -0.4 is 4.90 Å². The van der Waals surface area contributed by atoms with Crippen LogP contribution in [0.5, 0.6) is 5.75 Å². The Kier molecular flexibility index (Phi) is 3.60. The van der Waals surface area contributed by atoms with Crippen LogP contribution in [-0.4, -0.2) is 36.4 Å². The number of nitrogens with zero attached hydrogens (tertiary/aromatic N) is 2. The molecule has 1 aromatic heterocycles. The lowest BCUT2D eigenvalue weighted by Crippen LogP contribution is -2.36. The third-order valence-electron chi connectivity index (χ3n) is 4.17. The number of hydrogen-bond donors (Lipinski definition) is 1. The monoisotopic (exact) mass is 306 g/mol. The number of pyridine rings is 1. The molecule has 1 N–H and O–H groups in total. The predicted octanol–water partition coefficient (Wildman–Crippen LogP) is 3.44. The molecule has 1 fully saturated rings. The first kappa shape index (κ1) is 14.0. The minimum atomic E-state index is 0.255. The summed E-state index contributed by atoms with van der Waals surface area (Å²) >= 11 is 0. The molecule has 0 bridgehead atoms. The van der Waals surface area contributed by atoms with Crippen LogP contribution in [0.25, 0.3) is 22.0 Å². The van der Waals surface area contributed by atoms with E-state index in [1.165, 1.54) is 0 Å². The van der Waals surface area contributed by atoms with E-state index < -0.39 is 0 Å². The molecule has 0 unspecified atom stereocenters. The first-order valence-electron chi connectivity index (χ1n) is 7.83. The van der Waals surface area contributed by atoms with Crippen LogP contribution in [0.2, 0.25) is 0 Å². The molecule has 2 aromatic carbocycles. The maximum Gasteiger partial charge on any atom is 0.137 e. The van der Waals surface area contributed by atoms with Crippen LogP contribution in [0.4, 0.5) is 5.82 Å². The lowest BCUT2D eigenvalue weighted by Gasteiger charge is -2.29. The van der Waals surface area contributed by atoms with Gasteiger partial charge in [-0.2, -0.15) is 0 Å². The summed E-state index contributed by atoms with van der Waals surface area (Å²) < 4.78 is 5.46. The molecule has 0 amide bonds. The maximum absolute atomic E-state index is 9.75. The van der Waals surface area contributed by atoms with Crippen LogP contribution in [0.3, 0.4) is 0 Å². The highest BCUT2D eigenvalue weighted by Crippen LogP contribution is 2.31. The second kappa shape index (κ2) is 5.89. The summed E-state index contributed by atoms with van der Waals surface area (Å²) in [6.07, 6.45) is 0. The number of benzene rings is 2. The molecule has 0 saturated carbocycles. The van der Waals surface area contributed by atoms with E-state index in [-0.39, 0.29) is 5.75 Å². The molecule has 23 heavy (non-hydrogen) atoms. The molecule has 0 spiro atoms. The summed E-state index contributed by atoms with van der Waals surface area (Å²) in [5, 5.41) is 12.1. The zero-order valence-electron chi connectivity index (χ0n) is 12.8. The molecule has 1 saturated heterocycles. The van der Waals surface area contributed by atoms with E-state index in [9.17, 15) is 5.11 Å². The normalized spacial score (nSPS) is 15.0. The van der Waals surface area contributed by atoms with Crippen molar-refractivity contribution in [3.63, 3.8) is 0 Å². The van der Waals surface area contributed by atoms with Gasteiger partial charge in [-0.3, -0.25) is 0 Å². The fraction of sp³-hybridized carbons (Fsp3) is 0.211. The van der Waals surface area contributed by atoms with Crippen molar-refractivity contribution >= 4 is 16.6 Å². The minimum absolute atomic E-state index is 0.255. The Labute approximate surface area is 135 Å². The van der Waals surface area contributed by atoms with Crippen molar-refractivity contribution in [1.82, 2.24) is 4.98 Å². The van der Waals surface area contributed by atoms with Crippen LogP contribution >= 0.6 is 0 Å². The summed E-state index contributed by atoms with van der Waals surface area (Å²) in [6.45, 7) is 3.15. The first-order valence-corrected chi connectivity index (χ1v) is 7.83. The highest BCUT2D eigenvalue weighted by molar-refractivity contribution is 5.95. The smallest absolute Gasteiger partial charge is 0.137 e.